The monoisotopic (exact) mass is 798 g/mol. The third-order valence-corrected chi connectivity index (χ3v) is 8.91. The molecule has 3 heterocycles. The number of hydrogen-bond donors (Lipinski definition) is 0. The van der Waals surface area contributed by atoms with Crippen LogP contribution in [0.25, 0.3) is 38.8 Å². The number of pyridine rings is 1. The molecule has 1 N–H and O–H groups in total. The summed E-state index contributed by atoms with van der Waals surface area (Å²) in [5, 5.41) is 6.39. The Hall–Kier alpha value is -4.35. The van der Waals surface area contributed by atoms with Crippen molar-refractivity contribution in [2.45, 2.75) is 36.1 Å². The molecule has 2 aromatic heterocycles. The van der Waals surface area contributed by atoms with Crippen molar-refractivity contribution >= 4 is 50.6 Å². The number of hydroxylamine groups is 1. The number of rotatable bonds is 5. The van der Waals surface area contributed by atoms with Gasteiger partial charge in [-0.1, -0.05) is 66.2 Å². The molecule has 7 heteroatoms. The second kappa shape index (κ2) is 12.1. The standard InChI is InChI=1S/C39H30N4OS.Pt/c1-39(2,3)43-36-19-10-9-18-35(36)42(44-43)29-14-11-15-30(25-29)45-31-20-21-33-32-16-7-8-17-34(32)41(37(33)26-31)38-24-28(22-23-40-38)27-12-5-4-6-13-27;/h4-24H,1-3H3;/q-2;/p+1. The molecule has 5 aromatic carbocycles. The summed E-state index contributed by atoms with van der Waals surface area (Å²) in [6, 6.07) is 49.4. The third-order valence-electron chi connectivity index (χ3n) is 7.99. The molecule has 0 saturated carbocycles. The second-order valence-corrected chi connectivity index (χ2v) is 13.2. The number of benzene rings is 5. The van der Waals surface area contributed by atoms with Crippen molar-refractivity contribution in [2.75, 3.05) is 10.1 Å². The van der Waals surface area contributed by atoms with E-state index in [1.807, 2.05) is 17.3 Å². The van der Waals surface area contributed by atoms with Gasteiger partial charge in [0.15, 0.2) is 0 Å². The van der Waals surface area contributed by atoms with E-state index in [4.69, 9.17) is 9.92 Å². The van der Waals surface area contributed by atoms with Crippen molar-refractivity contribution in [1.29, 1.82) is 0 Å². The summed E-state index contributed by atoms with van der Waals surface area (Å²) in [5.74, 6) is 0.868. The van der Waals surface area contributed by atoms with Crippen LogP contribution in [0.5, 0.6) is 0 Å². The minimum Gasteiger partial charge on any atom is -0.319 e. The maximum absolute atomic E-state index is 4.99. The van der Waals surface area contributed by atoms with Gasteiger partial charge in [0.1, 0.15) is 22.7 Å². The molecule has 1 aliphatic rings. The Morgan fingerprint density at radius 2 is 1.41 bits per heavy atom. The molecule has 0 amide bonds. The fraction of sp³-hybridized carbons (Fsp3) is 0.103. The summed E-state index contributed by atoms with van der Waals surface area (Å²) in [4.78, 5) is 11.8. The smallest absolute Gasteiger partial charge is 0.145 e. The Morgan fingerprint density at radius 1 is 0.674 bits per heavy atom. The maximum Gasteiger partial charge on any atom is 0.145 e. The molecule has 8 rings (SSSR count). The summed E-state index contributed by atoms with van der Waals surface area (Å²) < 4.78 is 2.22. The molecule has 5 nitrogen and oxygen atoms in total. The average molecular weight is 799 g/mol. The van der Waals surface area contributed by atoms with Crippen LogP contribution >= 0.6 is 11.8 Å². The van der Waals surface area contributed by atoms with Gasteiger partial charge in [-0.2, -0.15) is 29.2 Å². The molecular formula is C39H31N4OPtS-. The van der Waals surface area contributed by atoms with Gasteiger partial charge in [-0.25, -0.2) is 4.98 Å². The van der Waals surface area contributed by atoms with Crippen LogP contribution in [-0.2, 0) is 21.1 Å². The second-order valence-electron chi connectivity index (χ2n) is 12.1. The molecule has 0 spiro atoms. The van der Waals surface area contributed by atoms with Gasteiger partial charge < -0.3 is 4.57 Å². The zero-order chi connectivity index (χ0) is 30.5. The van der Waals surface area contributed by atoms with Gasteiger partial charge in [0.25, 0.3) is 0 Å². The summed E-state index contributed by atoms with van der Waals surface area (Å²) in [6.45, 7) is 6.52. The topological polar surface area (TPSA) is 37.1 Å². The van der Waals surface area contributed by atoms with Crippen molar-refractivity contribution in [2.24, 2.45) is 0 Å². The number of anilines is 3. The molecular weight excluding hydrogens is 768 g/mol. The van der Waals surface area contributed by atoms with Gasteiger partial charge in [-0.15, -0.1) is 55.3 Å². The van der Waals surface area contributed by atoms with Gasteiger partial charge >= 0.3 is 0 Å². The van der Waals surface area contributed by atoms with Crippen LogP contribution in [0.1, 0.15) is 20.8 Å². The Labute approximate surface area is 287 Å². The number of fused-ring (bicyclic) bond motifs is 4. The van der Waals surface area contributed by atoms with E-state index in [9.17, 15) is 0 Å². The third kappa shape index (κ3) is 5.41. The Kier molecular flexibility index (Phi) is 7.98. The molecule has 0 bridgehead atoms. The SMILES string of the molecule is CC(C)(C)N1[OH+]N(c2[c-]c(Sc3[c-]c4c(cc3)c3ccccc3n4-c3cc(-c4ccccc4)ccn3)ccc2)c2ccccc21.[Pt]. The number of aromatic nitrogens is 2. The first-order chi connectivity index (χ1) is 21.9. The quantitative estimate of drug-likeness (QED) is 0.128. The van der Waals surface area contributed by atoms with E-state index in [2.05, 4.69) is 158 Å². The Morgan fingerprint density at radius 3 is 2.24 bits per heavy atom. The number of para-hydroxylation sites is 3. The summed E-state index contributed by atoms with van der Waals surface area (Å²) in [7, 11) is 0. The van der Waals surface area contributed by atoms with Crippen molar-refractivity contribution in [3.63, 3.8) is 0 Å². The first-order valence-corrected chi connectivity index (χ1v) is 15.8. The molecule has 0 unspecified atom stereocenters. The van der Waals surface area contributed by atoms with Crippen molar-refractivity contribution < 1.29 is 26.0 Å². The Balaban J connectivity index is 0.00000338. The molecule has 0 radical (unpaired) electrons. The summed E-state index contributed by atoms with van der Waals surface area (Å²) in [6.07, 6.45) is 1.89. The largest absolute Gasteiger partial charge is 0.319 e. The Bertz CT molecular complexity index is 2190. The first kappa shape index (κ1) is 30.3. The van der Waals surface area contributed by atoms with Gasteiger partial charge in [0.05, 0.1) is 0 Å². The van der Waals surface area contributed by atoms with E-state index in [0.29, 0.717) is 0 Å². The van der Waals surface area contributed by atoms with Crippen molar-refractivity contribution in [3.05, 3.63) is 140 Å². The van der Waals surface area contributed by atoms with Crippen LogP contribution in [0, 0.1) is 12.1 Å². The van der Waals surface area contributed by atoms with Crippen LogP contribution < -0.4 is 10.1 Å². The molecule has 0 saturated heterocycles. The zero-order valence-corrected chi connectivity index (χ0v) is 28.7. The molecule has 0 fully saturated rings. The van der Waals surface area contributed by atoms with Crippen LogP contribution in [0.15, 0.2) is 137 Å². The number of nitrogens with zero attached hydrogens (tertiary/aromatic N) is 4. The fourth-order valence-electron chi connectivity index (χ4n) is 5.94. The predicted molar refractivity (Wildman–Crippen MR) is 185 cm³/mol. The van der Waals surface area contributed by atoms with Crippen LogP contribution in [0.3, 0.4) is 0 Å². The van der Waals surface area contributed by atoms with Gasteiger partial charge in [-0.05, 0) is 67.6 Å². The minimum atomic E-state index is -0.157. The molecule has 46 heavy (non-hydrogen) atoms. The van der Waals surface area contributed by atoms with Crippen molar-refractivity contribution in [3.8, 4) is 16.9 Å². The average Bonchev–Trinajstić information content (AvgIpc) is 3.62. The summed E-state index contributed by atoms with van der Waals surface area (Å²) in [5.41, 5.74) is 7.28. The van der Waals surface area contributed by atoms with E-state index in [1.165, 1.54) is 5.39 Å². The van der Waals surface area contributed by atoms with E-state index in [1.54, 1.807) is 11.8 Å². The van der Waals surface area contributed by atoms with Crippen LogP contribution in [-0.4, -0.2) is 20.0 Å². The first-order valence-electron chi connectivity index (χ1n) is 15.0. The van der Waals surface area contributed by atoms with Crippen molar-refractivity contribution in [1.82, 2.24) is 9.55 Å². The number of hydrogen-bond acceptors (Lipinski definition) is 4. The maximum atomic E-state index is 4.99. The van der Waals surface area contributed by atoms with Crippen LogP contribution in [0.4, 0.5) is 17.1 Å². The fourth-order valence-corrected chi connectivity index (χ4v) is 6.76. The zero-order valence-electron chi connectivity index (χ0n) is 25.6. The molecule has 1 aliphatic heterocycles. The molecule has 0 aliphatic carbocycles. The normalized spacial score (nSPS) is 12.8. The van der Waals surface area contributed by atoms with Crippen LogP contribution in [0.2, 0.25) is 0 Å². The van der Waals surface area contributed by atoms with E-state index in [0.717, 1.165) is 60.2 Å². The molecule has 0 atom stereocenters. The van der Waals surface area contributed by atoms with Gasteiger partial charge in [0, 0.05) is 38.5 Å². The predicted octanol–water partition coefficient (Wildman–Crippen LogP) is 10.2. The van der Waals surface area contributed by atoms with E-state index < -0.39 is 0 Å². The van der Waals surface area contributed by atoms with Gasteiger partial charge in [0.2, 0.25) is 0 Å². The van der Waals surface area contributed by atoms with Gasteiger partial charge in [-0.3, -0.25) is 0 Å². The molecule has 230 valence electrons. The minimum absolute atomic E-state index is 0. The summed E-state index contributed by atoms with van der Waals surface area (Å²) >= 11 is 1.65. The van der Waals surface area contributed by atoms with E-state index >= 15 is 0 Å². The van der Waals surface area contributed by atoms with E-state index in [-0.39, 0.29) is 26.6 Å². The molecule has 7 aromatic rings.